The fraction of sp³-hybridized carbons (Fsp3) is 0.324. The molecule has 4 heteroatoms. The first-order valence-corrected chi connectivity index (χ1v) is 13.3. The second-order valence-corrected chi connectivity index (χ2v) is 10.1. The summed E-state index contributed by atoms with van der Waals surface area (Å²) in [4.78, 5) is 12.5. The number of carbonyl (C=O) groups excluding carboxylic acids is 1. The monoisotopic (exact) mass is 515 g/mol. The molecule has 0 saturated carbocycles. The zero-order valence-corrected chi connectivity index (χ0v) is 23.4. The smallest absolute Gasteiger partial charge is 0.248 e. The Labute approximate surface area is 226 Å². The van der Waals surface area contributed by atoms with Crippen molar-refractivity contribution in [3.63, 3.8) is 0 Å². The van der Waals surface area contributed by atoms with Crippen molar-refractivity contribution in [2.45, 2.75) is 73.1 Å². The van der Waals surface area contributed by atoms with Crippen LogP contribution in [0.1, 0.15) is 92.9 Å². The molecule has 1 heterocycles. The van der Waals surface area contributed by atoms with Crippen LogP contribution in [-0.4, -0.2) is 11.7 Å². The highest BCUT2D eigenvalue weighted by molar-refractivity contribution is 5.96. The molecular formula is C34H39F2NO. The van der Waals surface area contributed by atoms with Crippen molar-refractivity contribution in [3.8, 4) is 0 Å². The Morgan fingerprint density at radius 2 is 1.61 bits per heavy atom. The number of ketones is 1. The minimum atomic E-state index is -2.78. The van der Waals surface area contributed by atoms with Crippen molar-refractivity contribution in [2.24, 2.45) is 0 Å². The maximum absolute atomic E-state index is 13.8. The van der Waals surface area contributed by atoms with Crippen molar-refractivity contribution in [2.75, 3.05) is 0 Å². The van der Waals surface area contributed by atoms with Crippen LogP contribution in [0.25, 0.3) is 16.8 Å². The normalized spacial score (nSPS) is 14.8. The first-order chi connectivity index (χ1) is 18.1. The van der Waals surface area contributed by atoms with E-state index in [0.717, 1.165) is 27.8 Å². The average molecular weight is 516 g/mol. The summed E-state index contributed by atoms with van der Waals surface area (Å²) in [5.74, 6) is -3.02. The molecule has 0 atom stereocenters. The van der Waals surface area contributed by atoms with Crippen molar-refractivity contribution < 1.29 is 13.6 Å². The van der Waals surface area contributed by atoms with E-state index in [-0.39, 0.29) is 18.6 Å². The quantitative estimate of drug-likeness (QED) is 0.226. The van der Waals surface area contributed by atoms with Gasteiger partial charge in [-0.2, -0.15) is 0 Å². The standard InChI is InChI=1S/C34H39F2NO/c1-7-9-10-30(29-12-11-23(3)31(21-29)32-22-37-32)26(6)24(4)20-25(5)27-13-15-28(16-14-27)33(38)17-19-34(35,36)18-8-2/h7,9-16,20-22,37H,8,17-19H2,1-6H3/b9-7+,25-20+,26-24+,30-10+. The van der Waals surface area contributed by atoms with Gasteiger partial charge in [0.15, 0.2) is 5.78 Å². The van der Waals surface area contributed by atoms with Gasteiger partial charge >= 0.3 is 0 Å². The summed E-state index contributed by atoms with van der Waals surface area (Å²) in [6.45, 7) is 12.1. The van der Waals surface area contributed by atoms with E-state index in [2.05, 4.69) is 62.5 Å². The van der Waals surface area contributed by atoms with Crippen LogP contribution in [0.3, 0.4) is 0 Å². The average Bonchev–Trinajstić information content (AvgIpc) is 3.73. The predicted octanol–water partition coefficient (Wildman–Crippen LogP) is 9.69. The molecule has 0 aliphatic carbocycles. The Kier molecular flexibility index (Phi) is 9.79. The number of carbonyl (C=O) groups is 1. The Morgan fingerprint density at radius 1 is 0.974 bits per heavy atom. The lowest BCUT2D eigenvalue weighted by atomic mass is 9.91. The molecule has 0 aromatic heterocycles. The predicted molar refractivity (Wildman–Crippen MR) is 157 cm³/mol. The molecule has 0 spiro atoms. The molecule has 1 N–H and O–H groups in total. The fourth-order valence-electron chi connectivity index (χ4n) is 4.48. The molecule has 0 bridgehead atoms. The lowest BCUT2D eigenvalue weighted by Crippen LogP contribution is -2.17. The molecule has 3 rings (SSSR count). The Hall–Kier alpha value is -3.53. The molecule has 200 valence electrons. The van der Waals surface area contributed by atoms with Gasteiger partial charge in [0, 0.05) is 36.6 Å². The van der Waals surface area contributed by atoms with E-state index in [1.807, 2.05) is 38.3 Å². The van der Waals surface area contributed by atoms with E-state index in [1.165, 1.54) is 22.4 Å². The van der Waals surface area contributed by atoms with Gasteiger partial charge in [-0.25, -0.2) is 8.78 Å². The maximum Gasteiger partial charge on any atom is 0.248 e. The number of rotatable bonds is 12. The minimum absolute atomic E-state index is 0.141. The van der Waals surface area contributed by atoms with E-state index in [9.17, 15) is 13.6 Å². The van der Waals surface area contributed by atoms with Crippen LogP contribution in [0.2, 0.25) is 0 Å². The number of alkyl halides is 2. The van der Waals surface area contributed by atoms with Crippen LogP contribution in [0.4, 0.5) is 8.78 Å². The van der Waals surface area contributed by atoms with E-state index < -0.39 is 12.3 Å². The topological polar surface area (TPSA) is 39.0 Å². The van der Waals surface area contributed by atoms with E-state index >= 15 is 0 Å². The number of allylic oxidation sites excluding steroid dienone is 8. The van der Waals surface area contributed by atoms with Gasteiger partial charge in [0.2, 0.25) is 5.92 Å². The van der Waals surface area contributed by atoms with Crippen molar-refractivity contribution in [3.05, 3.63) is 112 Å². The highest BCUT2D eigenvalue weighted by Crippen LogP contribution is 2.32. The molecule has 0 radical (unpaired) electrons. The zero-order valence-electron chi connectivity index (χ0n) is 23.4. The summed E-state index contributed by atoms with van der Waals surface area (Å²) in [7, 11) is 0. The first kappa shape index (κ1) is 29.0. The summed E-state index contributed by atoms with van der Waals surface area (Å²) < 4.78 is 27.6. The van der Waals surface area contributed by atoms with E-state index in [0.29, 0.717) is 12.0 Å². The highest BCUT2D eigenvalue weighted by Gasteiger charge is 2.28. The van der Waals surface area contributed by atoms with Gasteiger partial charge in [-0.15, -0.1) is 0 Å². The number of nitrogens with one attached hydrogen (secondary N) is 1. The molecule has 0 amide bonds. The second kappa shape index (κ2) is 12.8. The van der Waals surface area contributed by atoms with Crippen molar-refractivity contribution in [1.29, 1.82) is 0 Å². The second-order valence-electron chi connectivity index (χ2n) is 10.1. The van der Waals surface area contributed by atoms with Crippen molar-refractivity contribution >= 4 is 22.6 Å². The van der Waals surface area contributed by atoms with Crippen molar-refractivity contribution in [1.82, 2.24) is 5.32 Å². The number of Topliss-reactive ketones (excluding diaryl/α,β-unsaturated/α-hetero) is 1. The van der Waals surface area contributed by atoms with E-state index in [1.54, 1.807) is 19.1 Å². The van der Waals surface area contributed by atoms with Gasteiger partial charge < -0.3 is 5.32 Å². The third-order valence-corrected chi connectivity index (χ3v) is 7.01. The summed E-state index contributed by atoms with van der Waals surface area (Å²) in [6, 6.07) is 13.8. The molecule has 1 aliphatic rings. The van der Waals surface area contributed by atoms with Crippen LogP contribution >= 0.6 is 0 Å². The van der Waals surface area contributed by atoms with Gasteiger partial charge in [0.25, 0.3) is 0 Å². The van der Waals surface area contributed by atoms with Crippen LogP contribution in [0.15, 0.2) is 84.1 Å². The summed E-state index contributed by atoms with van der Waals surface area (Å²) in [5, 5.41) is 3.21. The van der Waals surface area contributed by atoms with Crippen LogP contribution in [0.5, 0.6) is 0 Å². The minimum Gasteiger partial charge on any atom is -0.358 e. The summed E-state index contributed by atoms with van der Waals surface area (Å²) in [5.41, 5.74) is 10.8. The van der Waals surface area contributed by atoms with Gasteiger partial charge in [-0.3, -0.25) is 4.79 Å². The maximum atomic E-state index is 13.8. The molecule has 0 unspecified atom stereocenters. The molecule has 2 nitrogen and oxygen atoms in total. The summed E-state index contributed by atoms with van der Waals surface area (Å²) in [6.07, 6.45) is 10.1. The van der Waals surface area contributed by atoms with Crippen LogP contribution in [0, 0.1) is 6.92 Å². The number of hydrogen-bond donors (Lipinski definition) is 1. The van der Waals surface area contributed by atoms with Gasteiger partial charge in [-0.05, 0) is 79.7 Å². The van der Waals surface area contributed by atoms with Gasteiger partial charge in [0.05, 0.1) is 5.70 Å². The van der Waals surface area contributed by atoms with Gasteiger partial charge in [0.1, 0.15) is 0 Å². The number of benzene rings is 2. The Balaban J connectivity index is 1.82. The number of halogens is 2. The summed E-state index contributed by atoms with van der Waals surface area (Å²) >= 11 is 0. The third kappa shape index (κ3) is 7.74. The molecular weight excluding hydrogens is 476 g/mol. The lowest BCUT2D eigenvalue weighted by molar-refractivity contribution is -0.0173. The van der Waals surface area contributed by atoms with Gasteiger partial charge in [-0.1, -0.05) is 74.0 Å². The molecule has 1 aliphatic heterocycles. The van der Waals surface area contributed by atoms with Crippen LogP contribution in [-0.2, 0) is 0 Å². The van der Waals surface area contributed by atoms with E-state index in [4.69, 9.17) is 0 Å². The molecule has 38 heavy (non-hydrogen) atoms. The largest absolute Gasteiger partial charge is 0.358 e. The van der Waals surface area contributed by atoms with Crippen LogP contribution < -0.4 is 5.32 Å². The number of hydrogen-bond acceptors (Lipinski definition) is 2. The highest BCUT2D eigenvalue weighted by atomic mass is 19.3. The first-order valence-electron chi connectivity index (χ1n) is 13.3. The molecule has 0 fully saturated rings. The lowest BCUT2D eigenvalue weighted by Gasteiger charge is -2.14. The Bertz CT molecular complexity index is 1320. The third-order valence-electron chi connectivity index (χ3n) is 7.01. The zero-order chi connectivity index (χ0) is 27.9. The molecule has 2 aromatic carbocycles. The SMILES string of the molecule is C/C=C/C=C(\C(C)=C(C)\C=C(/C)c1ccc(C(=O)CCC(F)(F)CCC)cc1)c1ccc(C)c(C2=CN2)c1. The fourth-order valence-corrected chi connectivity index (χ4v) is 4.48. The Morgan fingerprint density at radius 3 is 2.21 bits per heavy atom. The number of aryl methyl sites for hydroxylation is 1. The molecule has 2 aromatic rings. The molecule has 0 saturated heterocycles.